The Bertz CT molecular complexity index is 1130. The zero-order chi connectivity index (χ0) is 21.1. The molecule has 4 heterocycles. The summed E-state index contributed by atoms with van der Waals surface area (Å²) in [4.78, 5) is 21.9. The summed E-state index contributed by atoms with van der Waals surface area (Å²) in [7, 11) is -1.51. The van der Waals surface area contributed by atoms with Crippen LogP contribution in [-0.2, 0) is 21.3 Å². The number of aromatic nitrogens is 4. The van der Waals surface area contributed by atoms with E-state index in [2.05, 4.69) is 24.9 Å². The summed E-state index contributed by atoms with van der Waals surface area (Å²) in [5.74, 6) is 1.92. The van der Waals surface area contributed by atoms with Gasteiger partial charge in [0, 0.05) is 44.0 Å². The molecule has 0 spiro atoms. The molecule has 3 aromatic rings. The van der Waals surface area contributed by atoms with Gasteiger partial charge in [0.05, 0.1) is 29.9 Å². The molecule has 4 rings (SSSR count). The lowest BCUT2D eigenvalue weighted by Crippen LogP contribution is -2.37. The molecule has 0 aliphatic carbocycles. The van der Waals surface area contributed by atoms with Crippen molar-refractivity contribution in [3.05, 3.63) is 23.3 Å². The Balaban J connectivity index is 1.75. The molecule has 1 aliphatic rings. The lowest BCUT2D eigenvalue weighted by Gasteiger charge is -2.28. The molecule has 0 bridgehead atoms. The van der Waals surface area contributed by atoms with Crippen LogP contribution in [-0.4, -0.2) is 67.5 Å². The minimum absolute atomic E-state index is 0.0451. The van der Waals surface area contributed by atoms with Crippen molar-refractivity contribution in [1.82, 2.24) is 24.7 Å². The van der Waals surface area contributed by atoms with E-state index < -0.39 is 10.0 Å². The molecule has 10 nitrogen and oxygen atoms in total. The van der Waals surface area contributed by atoms with Crippen LogP contribution in [0.25, 0.3) is 21.6 Å². The zero-order valence-corrected chi connectivity index (χ0v) is 18.4. The summed E-state index contributed by atoms with van der Waals surface area (Å²) < 4.78 is 31.7. The van der Waals surface area contributed by atoms with Crippen molar-refractivity contribution in [3.63, 3.8) is 0 Å². The molecule has 3 aromatic heterocycles. The van der Waals surface area contributed by atoms with Gasteiger partial charge in [-0.15, -0.1) is 11.3 Å². The summed E-state index contributed by atoms with van der Waals surface area (Å²) in [6.45, 7) is 4.57. The van der Waals surface area contributed by atoms with Gasteiger partial charge < -0.3 is 15.0 Å². The van der Waals surface area contributed by atoms with Crippen molar-refractivity contribution in [3.8, 4) is 11.4 Å². The van der Waals surface area contributed by atoms with E-state index in [0.717, 1.165) is 34.0 Å². The second-order valence-corrected chi connectivity index (χ2v) is 9.88. The molecule has 0 saturated carbocycles. The lowest BCUT2D eigenvalue weighted by molar-refractivity contribution is 0.122. The third kappa shape index (κ3) is 4.51. The molecule has 2 N–H and O–H groups in total. The minimum atomic E-state index is -3.27. The van der Waals surface area contributed by atoms with Crippen LogP contribution in [0.1, 0.15) is 11.8 Å². The number of hydrogen-bond acceptors (Lipinski definition) is 10. The highest BCUT2D eigenvalue weighted by molar-refractivity contribution is 7.89. The van der Waals surface area contributed by atoms with E-state index in [4.69, 9.17) is 14.7 Å². The fraction of sp³-hybridized carbons (Fsp3) is 0.444. The first kappa shape index (κ1) is 20.8. The van der Waals surface area contributed by atoms with Crippen LogP contribution < -0.4 is 14.9 Å². The first-order valence-corrected chi connectivity index (χ1v) is 12.1. The predicted molar refractivity (Wildman–Crippen MR) is 117 cm³/mol. The molecule has 0 amide bonds. The Morgan fingerprint density at radius 2 is 1.93 bits per heavy atom. The average Bonchev–Trinajstić information content (AvgIpc) is 3.21. The highest BCUT2D eigenvalue weighted by atomic mass is 32.2. The zero-order valence-electron chi connectivity index (χ0n) is 16.8. The fourth-order valence-electron chi connectivity index (χ4n) is 3.04. The van der Waals surface area contributed by atoms with Gasteiger partial charge in [-0.05, 0) is 13.0 Å². The number of nitrogens with one attached hydrogen (secondary N) is 2. The Labute approximate surface area is 178 Å². The van der Waals surface area contributed by atoms with E-state index in [-0.39, 0.29) is 12.3 Å². The van der Waals surface area contributed by atoms with E-state index in [1.807, 2.05) is 6.07 Å². The lowest BCUT2D eigenvalue weighted by atomic mass is 10.2. The Hall–Kier alpha value is -2.41. The maximum atomic E-state index is 11.8. The number of morpholine rings is 1. The topological polar surface area (TPSA) is 122 Å². The van der Waals surface area contributed by atoms with Crippen LogP contribution in [0.2, 0.25) is 0 Å². The molecular formula is C18H23N7O3S2. The molecule has 0 atom stereocenters. The first-order valence-electron chi connectivity index (χ1n) is 9.59. The molecule has 12 heteroatoms. The molecule has 1 saturated heterocycles. The summed E-state index contributed by atoms with van der Waals surface area (Å²) in [6.07, 6.45) is 3.37. The number of sulfonamides is 1. The minimum Gasteiger partial charge on any atom is -0.378 e. The van der Waals surface area contributed by atoms with Gasteiger partial charge in [-0.25, -0.2) is 33.1 Å². The average molecular weight is 450 g/mol. The number of nitrogens with zero attached hydrogens (tertiary/aromatic N) is 5. The number of hydrogen-bond donors (Lipinski definition) is 2. The number of anilines is 2. The molecule has 160 valence electrons. The second kappa shape index (κ2) is 8.76. The highest BCUT2D eigenvalue weighted by Gasteiger charge is 2.20. The second-order valence-electron chi connectivity index (χ2n) is 6.67. The van der Waals surface area contributed by atoms with Gasteiger partial charge in [0.15, 0.2) is 5.82 Å². The third-order valence-electron chi connectivity index (χ3n) is 4.71. The van der Waals surface area contributed by atoms with E-state index >= 15 is 0 Å². The van der Waals surface area contributed by atoms with Crippen LogP contribution in [0.3, 0.4) is 0 Å². The maximum Gasteiger partial charge on any atom is 0.222 e. The Morgan fingerprint density at radius 3 is 2.60 bits per heavy atom. The third-order valence-corrected chi connectivity index (χ3v) is 7.09. The van der Waals surface area contributed by atoms with Crippen molar-refractivity contribution >= 4 is 43.3 Å². The monoisotopic (exact) mass is 449 g/mol. The molecule has 0 unspecified atom stereocenters. The summed E-state index contributed by atoms with van der Waals surface area (Å²) in [5, 5.41) is 3.80. The highest BCUT2D eigenvalue weighted by Crippen LogP contribution is 2.33. The van der Waals surface area contributed by atoms with Gasteiger partial charge in [-0.3, -0.25) is 0 Å². The molecular weight excluding hydrogens is 426 g/mol. The van der Waals surface area contributed by atoms with Crippen LogP contribution in [0.5, 0.6) is 0 Å². The Kier molecular flexibility index (Phi) is 6.09. The van der Waals surface area contributed by atoms with Crippen LogP contribution in [0.15, 0.2) is 18.5 Å². The summed E-state index contributed by atoms with van der Waals surface area (Å²) >= 11 is 1.45. The van der Waals surface area contributed by atoms with Gasteiger partial charge >= 0.3 is 0 Å². The number of ether oxygens (including phenoxy) is 1. The van der Waals surface area contributed by atoms with Crippen molar-refractivity contribution < 1.29 is 13.2 Å². The smallest absolute Gasteiger partial charge is 0.222 e. The van der Waals surface area contributed by atoms with E-state index in [9.17, 15) is 8.42 Å². The quantitative estimate of drug-likeness (QED) is 0.552. The van der Waals surface area contributed by atoms with E-state index in [1.165, 1.54) is 11.3 Å². The normalized spacial score (nSPS) is 14.9. The van der Waals surface area contributed by atoms with Crippen molar-refractivity contribution in [2.75, 3.05) is 49.3 Å². The maximum absolute atomic E-state index is 11.8. The number of rotatable bonds is 7. The van der Waals surface area contributed by atoms with Gasteiger partial charge in [-0.2, -0.15) is 0 Å². The van der Waals surface area contributed by atoms with Crippen molar-refractivity contribution in [1.29, 1.82) is 0 Å². The van der Waals surface area contributed by atoms with Crippen LogP contribution in [0, 0.1) is 0 Å². The molecule has 1 fully saturated rings. The number of fused-ring (bicyclic) bond motifs is 1. The first-order chi connectivity index (χ1) is 14.5. The largest absolute Gasteiger partial charge is 0.378 e. The number of thiophene rings is 1. The molecule has 1 aliphatic heterocycles. The molecule has 30 heavy (non-hydrogen) atoms. The fourth-order valence-corrected chi connectivity index (χ4v) is 4.68. The van der Waals surface area contributed by atoms with Crippen molar-refractivity contribution in [2.45, 2.75) is 13.5 Å². The van der Waals surface area contributed by atoms with Gasteiger partial charge in [0.25, 0.3) is 0 Å². The standard InChI is InChI=1S/C18H23N7O3S2/c1-3-30(26,27)22-11-13-8-14-16(25-4-6-28-7-5-25)23-15(24-17(14)29-13)12-9-20-18(19-2)21-10-12/h8-10,22H,3-7,11H2,1-2H3,(H,19,20,21). The molecule has 0 aromatic carbocycles. The summed E-state index contributed by atoms with van der Waals surface area (Å²) in [5.41, 5.74) is 0.715. The SMILES string of the molecule is CCS(=O)(=O)NCc1cc2c(N3CCOCC3)nc(-c3cnc(NC)nc3)nc2s1. The van der Waals surface area contributed by atoms with E-state index in [0.29, 0.717) is 30.5 Å². The molecule has 0 radical (unpaired) electrons. The predicted octanol–water partition coefficient (Wildman–Crippen LogP) is 1.47. The summed E-state index contributed by atoms with van der Waals surface area (Å²) in [6, 6.07) is 1.97. The van der Waals surface area contributed by atoms with Crippen LogP contribution >= 0.6 is 11.3 Å². The Morgan fingerprint density at radius 1 is 1.20 bits per heavy atom. The van der Waals surface area contributed by atoms with Gasteiger partial charge in [-0.1, -0.05) is 0 Å². The van der Waals surface area contributed by atoms with Crippen LogP contribution in [0.4, 0.5) is 11.8 Å². The van der Waals surface area contributed by atoms with E-state index in [1.54, 1.807) is 26.4 Å². The van der Waals surface area contributed by atoms with Crippen molar-refractivity contribution in [2.24, 2.45) is 0 Å². The van der Waals surface area contributed by atoms with Gasteiger partial charge in [0.2, 0.25) is 16.0 Å². The van der Waals surface area contributed by atoms with Gasteiger partial charge in [0.1, 0.15) is 10.6 Å².